The van der Waals surface area contributed by atoms with Gasteiger partial charge in [0.05, 0.1) is 12.6 Å². The van der Waals surface area contributed by atoms with E-state index in [1.807, 2.05) is 12.1 Å². The molecule has 1 saturated carbocycles. The Kier molecular flexibility index (Phi) is 5.67. The molecule has 1 fully saturated rings. The van der Waals surface area contributed by atoms with Crippen molar-refractivity contribution in [2.75, 3.05) is 0 Å². The monoisotopic (exact) mass is 279 g/mol. The minimum atomic E-state index is 0.406. The predicted octanol–water partition coefficient (Wildman–Crippen LogP) is 4.12. The lowest BCUT2D eigenvalue weighted by molar-refractivity contribution is -0.0142. The van der Waals surface area contributed by atoms with Crippen molar-refractivity contribution >= 4 is 0 Å². The third-order valence-corrected chi connectivity index (χ3v) is 4.41. The van der Waals surface area contributed by atoms with Crippen LogP contribution in [-0.2, 0) is 17.9 Å². The molecule has 1 aliphatic rings. The first-order valence-corrected chi connectivity index (χ1v) is 7.97. The van der Waals surface area contributed by atoms with Gasteiger partial charge >= 0.3 is 0 Å². The molecule has 1 aromatic rings. The number of rotatable bonds is 6. The maximum absolute atomic E-state index is 6.01. The Morgan fingerprint density at radius 3 is 2.65 bits per heavy atom. The van der Waals surface area contributed by atoms with E-state index in [-0.39, 0.29) is 0 Å². The van der Waals surface area contributed by atoms with Gasteiger partial charge in [-0.1, -0.05) is 27.7 Å². The Labute approximate surface area is 123 Å². The van der Waals surface area contributed by atoms with Crippen LogP contribution in [0.2, 0.25) is 0 Å². The highest BCUT2D eigenvalue weighted by molar-refractivity contribution is 5.06. The van der Waals surface area contributed by atoms with Crippen LogP contribution in [0.5, 0.6) is 0 Å². The summed E-state index contributed by atoms with van der Waals surface area (Å²) in [5.74, 6) is 3.54. The van der Waals surface area contributed by atoms with Crippen molar-refractivity contribution in [2.24, 2.45) is 11.8 Å². The molecule has 1 aliphatic carbocycles. The fourth-order valence-corrected chi connectivity index (χ4v) is 2.75. The quantitative estimate of drug-likeness (QED) is 0.850. The molecule has 2 rings (SSSR count). The zero-order valence-electron chi connectivity index (χ0n) is 13.3. The molecule has 3 unspecified atom stereocenters. The molecular formula is C17H29NO2. The largest absolute Gasteiger partial charge is 0.462 e. The van der Waals surface area contributed by atoms with Gasteiger partial charge in [0.25, 0.3) is 0 Å². The Hall–Kier alpha value is -0.800. The van der Waals surface area contributed by atoms with Gasteiger partial charge in [-0.25, -0.2) is 0 Å². The second-order valence-electron chi connectivity index (χ2n) is 6.60. The van der Waals surface area contributed by atoms with Crippen molar-refractivity contribution in [1.29, 1.82) is 0 Å². The molecule has 3 heteroatoms. The number of hydrogen-bond donors (Lipinski definition) is 1. The molecule has 0 aliphatic heterocycles. The summed E-state index contributed by atoms with van der Waals surface area (Å²) in [6.45, 7) is 10.4. The third kappa shape index (κ3) is 4.64. The molecule has 0 aromatic carbocycles. The van der Waals surface area contributed by atoms with E-state index in [0.29, 0.717) is 18.8 Å². The van der Waals surface area contributed by atoms with Gasteiger partial charge in [0, 0.05) is 6.04 Å². The summed E-state index contributed by atoms with van der Waals surface area (Å²) in [6, 6.07) is 4.55. The SMILES string of the molecule is CC(C)NCc1ccc(COC2CCC(C)C(C)C2)o1. The topological polar surface area (TPSA) is 34.4 Å². The van der Waals surface area contributed by atoms with E-state index in [4.69, 9.17) is 9.15 Å². The van der Waals surface area contributed by atoms with Gasteiger partial charge in [-0.2, -0.15) is 0 Å². The van der Waals surface area contributed by atoms with Crippen LogP contribution in [0.1, 0.15) is 58.5 Å². The Bertz CT molecular complexity index is 399. The van der Waals surface area contributed by atoms with Crippen LogP contribution in [-0.4, -0.2) is 12.1 Å². The van der Waals surface area contributed by atoms with E-state index in [1.54, 1.807) is 0 Å². The molecule has 1 N–H and O–H groups in total. The minimum absolute atomic E-state index is 0.406. The Morgan fingerprint density at radius 1 is 1.20 bits per heavy atom. The molecule has 0 saturated heterocycles. The normalized spacial score (nSPS) is 27.1. The lowest BCUT2D eigenvalue weighted by atomic mass is 9.80. The van der Waals surface area contributed by atoms with Gasteiger partial charge in [0.2, 0.25) is 0 Å². The number of hydrogen-bond acceptors (Lipinski definition) is 3. The lowest BCUT2D eigenvalue weighted by Gasteiger charge is -2.31. The van der Waals surface area contributed by atoms with Crippen molar-refractivity contribution in [1.82, 2.24) is 5.32 Å². The number of ether oxygens (including phenoxy) is 1. The molecule has 3 atom stereocenters. The van der Waals surface area contributed by atoms with Crippen LogP contribution in [0.25, 0.3) is 0 Å². The van der Waals surface area contributed by atoms with Gasteiger partial charge < -0.3 is 14.5 Å². The average Bonchev–Trinajstić information content (AvgIpc) is 2.86. The smallest absolute Gasteiger partial charge is 0.129 e. The first-order valence-electron chi connectivity index (χ1n) is 7.97. The number of nitrogens with one attached hydrogen (secondary N) is 1. The van der Waals surface area contributed by atoms with Gasteiger partial charge in [-0.3, -0.25) is 0 Å². The molecule has 20 heavy (non-hydrogen) atoms. The van der Waals surface area contributed by atoms with Crippen molar-refractivity contribution in [3.63, 3.8) is 0 Å². The summed E-state index contributed by atoms with van der Waals surface area (Å²) in [6.07, 6.45) is 4.06. The molecule has 1 heterocycles. The highest BCUT2D eigenvalue weighted by Crippen LogP contribution is 2.31. The molecule has 0 amide bonds. The van der Waals surface area contributed by atoms with Crippen LogP contribution in [0.15, 0.2) is 16.5 Å². The zero-order chi connectivity index (χ0) is 14.5. The third-order valence-electron chi connectivity index (χ3n) is 4.41. The van der Waals surface area contributed by atoms with Gasteiger partial charge in [-0.05, 0) is 43.2 Å². The number of furan rings is 1. The highest BCUT2D eigenvalue weighted by Gasteiger charge is 2.25. The zero-order valence-corrected chi connectivity index (χ0v) is 13.3. The van der Waals surface area contributed by atoms with Crippen molar-refractivity contribution < 1.29 is 9.15 Å². The maximum Gasteiger partial charge on any atom is 0.129 e. The highest BCUT2D eigenvalue weighted by atomic mass is 16.5. The van der Waals surface area contributed by atoms with Crippen molar-refractivity contribution in [3.05, 3.63) is 23.7 Å². The fraction of sp³-hybridized carbons (Fsp3) is 0.765. The summed E-state index contributed by atoms with van der Waals surface area (Å²) < 4.78 is 11.8. The maximum atomic E-state index is 6.01. The molecule has 0 radical (unpaired) electrons. The van der Waals surface area contributed by atoms with Crippen LogP contribution >= 0.6 is 0 Å². The molecule has 3 nitrogen and oxygen atoms in total. The van der Waals surface area contributed by atoms with Crippen LogP contribution in [0.3, 0.4) is 0 Å². The molecule has 0 spiro atoms. The summed E-state index contributed by atoms with van der Waals surface area (Å²) in [7, 11) is 0. The second-order valence-corrected chi connectivity index (χ2v) is 6.60. The van der Waals surface area contributed by atoms with E-state index in [1.165, 1.54) is 19.3 Å². The summed E-state index contributed by atoms with van der Waals surface area (Å²) in [4.78, 5) is 0. The van der Waals surface area contributed by atoms with Crippen molar-refractivity contribution in [2.45, 2.75) is 72.3 Å². The van der Waals surface area contributed by atoms with Gasteiger partial charge in [-0.15, -0.1) is 0 Å². The fourth-order valence-electron chi connectivity index (χ4n) is 2.75. The predicted molar refractivity (Wildman–Crippen MR) is 81.4 cm³/mol. The Morgan fingerprint density at radius 2 is 1.95 bits per heavy atom. The molecule has 1 aromatic heterocycles. The second kappa shape index (κ2) is 7.28. The Balaban J connectivity index is 1.74. The van der Waals surface area contributed by atoms with Crippen molar-refractivity contribution in [3.8, 4) is 0 Å². The van der Waals surface area contributed by atoms with E-state index < -0.39 is 0 Å². The average molecular weight is 279 g/mol. The van der Waals surface area contributed by atoms with E-state index in [0.717, 1.165) is 29.9 Å². The summed E-state index contributed by atoms with van der Waals surface area (Å²) in [5.41, 5.74) is 0. The van der Waals surface area contributed by atoms with Crippen LogP contribution in [0, 0.1) is 11.8 Å². The lowest BCUT2D eigenvalue weighted by Crippen LogP contribution is -2.26. The van der Waals surface area contributed by atoms with Gasteiger partial charge in [0.15, 0.2) is 0 Å². The summed E-state index contributed by atoms with van der Waals surface area (Å²) >= 11 is 0. The van der Waals surface area contributed by atoms with E-state index in [2.05, 4.69) is 33.0 Å². The minimum Gasteiger partial charge on any atom is -0.462 e. The van der Waals surface area contributed by atoms with E-state index in [9.17, 15) is 0 Å². The summed E-state index contributed by atoms with van der Waals surface area (Å²) in [5, 5.41) is 3.36. The molecule has 0 bridgehead atoms. The van der Waals surface area contributed by atoms with Gasteiger partial charge in [0.1, 0.15) is 18.1 Å². The van der Waals surface area contributed by atoms with E-state index >= 15 is 0 Å². The van der Waals surface area contributed by atoms with Crippen LogP contribution < -0.4 is 5.32 Å². The molecular weight excluding hydrogens is 250 g/mol. The van der Waals surface area contributed by atoms with Crippen LogP contribution in [0.4, 0.5) is 0 Å². The first-order chi connectivity index (χ1) is 9.54. The first kappa shape index (κ1) is 15.6. The standard InChI is InChI=1S/C17H29NO2/c1-12(2)18-10-16-7-8-17(20-16)11-19-15-6-5-13(3)14(4)9-15/h7-8,12-15,18H,5-6,9-11H2,1-4H3. The molecule has 114 valence electrons.